The van der Waals surface area contributed by atoms with Crippen LogP contribution in [0.3, 0.4) is 0 Å². The quantitative estimate of drug-likeness (QED) is 0.767. The maximum Gasteiger partial charge on any atom is 0.266 e. The summed E-state index contributed by atoms with van der Waals surface area (Å²) in [7, 11) is 0. The van der Waals surface area contributed by atoms with E-state index in [4.69, 9.17) is 9.47 Å². The first-order chi connectivity index (χ1) is 11.2. The monoisotopic (exact) mass is 325 g/mol. The molecule has 0 aliphatic carbocycles. The smallest absolute Gasteiger partial charge is 0.266 e. The van der Waals surface area contributed by atoms with Gasteiger partial charge in [0.1, 0.15) is 13.2 Å². The van der Waals surface area contributed by atoms with Crippen molar-refractivity contribution in [3.8, 4) is 11.5 Å². The summed E-state index contributed by atoms with van der Waals surface area (Å²) in [5.74, 6) is 1.29. The number of carbonyl (C=O) groups excluding carboxylic acids is 1. The van der Waals surface area contributed by atoms with E-state index in [9.17, 15) is 4.79 Å². The lowest BCUT2D eigenvalue weighted by Gasteiger charge is -2.18. The predicted octanol–water partition coefficient (Wildman–Crippen LogP) is 4.23. The van der Waals surface area contributed by atoms with E-state index >= 15 is 0 Å². The van der Waals surface area contributed by atoms with Gasteiger partial charge in [0.2, 0.25) is 0 Å². The molecule has 5 heteroatoms. The van der Waals surface area contributed by atoms with E-state index in [1.165, 1.54) is 11.3 Å². The van der Waals surface area contributed by atoms with Gasteiger partial charge < -0.3 is 14.8 Å². The van der Waals surface area contributed by atoms with Crippen LogP contribution < -0.4 is 14.8 Å². The summed E-state index contributed by atoms with van der Waals surface area (Å²) in [5.41, 5.74) is 1.72. The molecule has 1 aromatic heterocycles. The summed E-state index contributed by atoms with van der Waals surface area (Å²) < 4.78 is 12.2. The number of fused-ring (bicyclic) bond motifs is 2. The van der Waals surface area contributed by atoms with Crippen LogP contribution in [-0.4, -0.2) is 19.1 Å². The van der Waals surface area contributed by atoms with Gasteiger partial charge in [0, 0.05) is 16.5 Å². The van der Waals surface area contributed by atoms with E-state index in [0.29, 0.717) is 30.4 Å². The zero-order valence-corrected chi connectivity index (χ0v) is 13.4. The largest absolute Gasteiger partial charge is 0.486 e. The predicted molar refractivity (Wildman–Crippen MR) is 91.9 cm³/mol. The molecule has 0 unspecified atom stereocenters. The third-order valence-electron chi connectivity index (χ3n) is 3.85. The van der Waals surface area contributed by atoms with E-state index in [-0.39, 0.29) is 5.91 Å². The number of anilines is 1. The van der Waals surface area contributed by atoms with Gasteiger partial charge in [-0.15, -0.1) is 11.3 Å². The molecule has 0 atom stereocenters. The molecule has 1 aliphatic rings. The number of rotatable bonds is 2. The standard InChI is InChI=1S/C18H15NO3S/c1-11-13-4-2-3-5-16(13)23-17(11)18(20)19-12-6-7-14-15(10-12)22-9-8-21-14/h2-7,10H,8-9H2,1H3,(H,19,20). The molecule has 2 heterocycles. The van der Waals surface area contributed by atoms with Gasteiger partial charge in [-0.25, -0.2) is 0 Å². The zero-order chi connectivity index (χ0) is 15.8. The van der Waals surface area contributed by atoms with Gasteiger partial charge in [-0.3, -0.25) is 4.79 Å². The Hall–Kier alpha value is -2.53. The number of hydrogen-bond donors (Lipinski definition) is 1. The Labute approximate surface area is 137 Å². The number of amides is 1. The Morgan fingerprint density at radius 2 is 1.87 bits per heavy atom. The number of ether oxygens (including phenoxy) is 2. The first kappa shape index (κ1) is 14.1. The number of carbonyl (C=O) groups is 1. The highest BCUT2D eigenvalue weighted by Crippen LogP contribution is 2.34. The van der Waals surface area contributed by atoms with Crippen LogP contribution in [0.15, 0.2) is 42.5 Å². The van der Waals surface area contributed by atoms with Crippen molar-refractivity contribution >= 4 is 33.0 Å². The second-order valence-electron chi connectivity index (χ2n) is 5.36. The normalized spacial score (nSPS) is 13.1. The Morgan fingerprint density at radius 1 is 1.09 bits per heavy atom. The summed E-state index contributed by atoms with van der Waals surface area (Å²) in [4.78, 5) is 13.3. The molecule has 0 spiro atoms. The summed E-state index contributed by atoms with van der Waals surface area (Å²) in [5, 5.41) is 4.08. The highest BCUT2D eigenvalue weighted by Gasteiger charge is 2.17. The maximum absolute atomic E-state index is 12.6. The molecule has 0 radical (unpaired) electrons. The molecule has 4 rings (SSSR count). The average molecular weight is 325 g/mol. The third kappa shape index (κ3) is 2.53. The van der Waals surface area contributed by atoms with Crippen molar-refractivity contribution in [3.05, 3.63) is 52.9 Å². The van der Waals surface area contributed by atoms with Crippen LogP contribution >= 0.6 is 11.3 Å². The van der Waals surface area contributed by atoms with Crippen LogP contribution in [0, 0.1) is 6.92 Å². The lowest BCUT2D eigenvalue weighted by atomic mass is 10.1. The summed E-state index contributed by atoms with van der Waals surface area (Å²) in [6.45, 7) is 3.07. The molecule has 0 bridgehead atoms. The molecule has 2 aromatic carbocycles. The fourth-order valence-electron chi connectivity index (χ4n) is 2.70. The van der Waals surface area contributed by atoms with E-state index in [2.05, 4.69) is 5.32 Å². The Balaban J connectivity index is 1.63. The molecular weight excluding hydrogens is 310 g/mol. The van der Waals surface area contributed by atoms with Gasteiger partial charge in [-0.1, -0.05) is 18.2 Å². The summed E-state index contributed by atoms with van der Waals surface area (Å²) in [6.07, 6.45) is 0. The van der Waals surface area contributed by atoms with Crippen molar-refractivity contribution in [1.29, 1.82) is 0 Å². The van der Waals surface area contributed by atoms with Crippen LogP contribution in [0.1, 0.15) is 15.2 Å². The Bertz CT molecular complexity index is 900. The number of hydrogen-bond acceptors (Lipinski definition) is 4. The van der Waals surface area contributed by atoms with Crippen LogP contribution in [0.4, 0.5) is 5.69 Å². The van der Waals surface area contributed by atoms with Gasteiger partial charge in [0.25, 0.3) is 5.91 Å². The molecule has 1 aliphatic heterocycles. The van der Waals surface area contributed by atoms with Gasteiger partial charge in [0.15, 0.2) is 11.5 Å². The van der Waals surface area contributed by atoms with Crippen LogP contribution in [0.5, 0.6) is 11.5 Å². The minimum Gasteiger partial charge on any atom is -0.486 e. The lowest BCUT2D eigenvalue weighted by molar-refractivity contribution is 0.103. The molecular formula is C18H15NO3S. The Morgan fingerprint density at radius 3 is 2.70 bits per heavy atom. The number of nitrogens with one attached hydrogen (secondary N) is 1. The summed E-state index contributed by atoms with van der Waals surface area (Å²) in [6, 6.07) is 13.5. The number of benzene rings is 2. The molecule has 0 saturated heterocycles. The molecule has 116 valence electrons. The zero-order valence-electron chi connectivity index (χ0n) is 12.6. The molecule has 1 amide bonds. The SMILES string of the molecule is Cc1c(C(=O)Nc2ccc3c(c2)OCCO3)sc2ccccc12. The van der Waals surface area contributed by atoms with Crippen molar-refractivity contribution in [2.45, 2.75) is 6.92 Å². The molecule has 0 saturated carbocycles. The third-order valence-corrected chi connectivity index (χ3v) is 5.12. The van der Waals surface area contributed by atoms with E-state index in [1.807, 2.05) is 43.3 Å². The molecule has 0 fully saturated rings. The number of aryl methyl sites for hydroxylation is 1. The van der Waals surface area contributed by atoms with Gasteiger partial charge in [-0.05, 0) is 36.1 Å². The van der Waals surface area contributed by atoms with Crippen molar-refractivity contribution < 1.29 is 14.3 Å². The minimum absolute atomic E-state index is 0.0969. The second-order valence-corrected chi connectivity index (χ2v) is 6.42. The van der Waals surface area contributed by atoms with Crippen LogP contribution in [0.2, 0.25) is 0 Å². The first-order valence-electron chi connectivity index (χ1n) is 7.41. The molecule has 1 N–H and O–H groups in total. The maximum atomic E-state index is 12.6. The van der Waals surface area contributed by atoms with Gasteiger partial charge in [0.05, 0.1) is 4.88 Å². The van der Waals surface area contributed by atoms with Gasteiger partial charge >= 0.3 is 0 Å². The van der Waals surface area contributed by atoms with E-state index < -0.39 is 0 Å². The van der Waals surface area contributed by atoms with E-state index in [1.54, 1.807) is 6.07 Å². The molecule has 4 nitrogen and oxygen atoms in total. The van der Waals surface area contributed by atoms with Gasteiger partial charge in [-0.2, -0.15) is 0 Å². The van der Waals surface area contributed by atoms with Crippen molar-refractivity contribution in [2.24, 2.45) is 0 Å². The van der Waals surface area contributed by atoms with Crippen molar-refractivity contribution in [1.82, 2.24) is 0 Å². The average Bonchev–Trinajstić information content (AvgIpc) is 2.92. The van der Waals surface area contributed by atoms with Crippen LogP contribution in [0.25, 0.3) is 10.1 Å². The topological polar surface area (TPSA) is 47.6 Å². The second kappa shape index (κ2) is 5.59. The fraction of sp³-hybridized carbons (Fsp3) is 0.167. The highest BCUT2D eigenvalue weighted by atomic mass is 32.1. The lowest BCUT2D eigenvalue weighted by Crippen LogP contribution is -2.16. The minimum atomic E-state index is -0.0969. The van der Waals surface area contributed by atoms with Crippen LogP contribution in [-0.2, 0) is 0 Å². The molecule has 23 heavy (non-hydrogen) atoms. The molecule has 3 aromatic rings. The fourth-order valence-corrected chi connectivity index (χ4v) is 3.80. The summed E-state index contributed by atoms with van der Waals surface area (Å²) >= 11 is 1.51. The Kier molecular flexibility index (Phi) is 3.42. The van der Waals surface area contributed by atoms with Crippen molar-refractivity contribution in [3.63, 3.8) is 0 Å². The van der Waals surface area contributed by atoms with Crippen molar-refractivity contribution in [2.75, 3.05) is 18.5 Å². The highest BCUT2D eigenvalue weighted by molar-refractivity contribution is 7.21. The van der Waals surface area contributed by atoms with E-state index in [0.717, 1.165) is 20.5 Å². The number of thiophene rings is 1. The first-order valence-corrected chi connectivity index (χ1v) is 8.23.